The molecule has 4 heterocycles. The fourth-order valence-electron chi connectivity index (χ4n) is 5.97. The van der Waals surface area contributed by atoms with Crippen LogP contribution in [0.15, 0.2) is 48.9 Å². The lowest BCUT2D eigenvalue weighted by Gasteiger charge is -2.42. The molecule has 5 rings (SSSR count). The lowest BCUT2D eigenvalue weighted by Crippen LogP contribution is -2.61. The molecule has 3 aromatic heterocycles. The summed E-state index contributed by atoms with van der Waals surface area (Å²) < 4.78 is 17.2. The molecule has 1 fully saturated rings. The predicted molar refractivity (Wildman–Crippen MR) is 161 cm³/mol. The summed E-state index contributed by atoms with van der Waals surface area (Å²) in [6.07, 6.45) is 7.29. The van der Waals surface area contributed by atoms with Crippen LogP contribution in [-0.2, 0) is 4.79 Å². The molecule has 4 unspecified atom stereocenters. The number of nitrogens with zero attached hydrogens (tertiary/aromatic N) is 5. The Balaban J connectivity index is 1.44. The highest BCUT2D eigenvalue weighted by atomic mass is 19.1. The van der Waals surface area contributed by atoms with Gasteiger partial charge in [0.1, 0.15) is 5.82 Å². The molecule has 4 atom stereocenters. The van der Waals surface area contributed by atoms with Gasteiger partial charge in [0.15, 0.2) is 0 Å². The molecule has 0 saturated carbocycles. The van der Waals surface area contributed by atoms with Gasteiger partial charge >= 0.3 is 0 Å². The second kappa shape index (κ2) is 11.8. The predicted octanol–water partition coefficient (Wildman–Crippen LogP) is 5.17. The maximum atomic E-state index is 15.5. The molecule has 0 aliphatic carbocycles. The number of anilines is 3. The van der Waals surface area contributed by atoms with Crippen molar-refractivity contribution in [3.63, 3.8) is 0 Å². The molecule has 4 N–H and O–H groups in total. The van der Waals surface area contributed by atoms with Crippen molar-refractivity contribution in [3.8, 4) is 11.3 Å². The zero-order valence-electron chi connectivity index (χ0n) is 24.4. The second-order valence-electron chi connectivity index (χ2n) is 11.3. The largest absolute Gasteiger partial charge is 0.368 e. The van der Waals surface area contributed by atoms with Crippen molar-refractivity contribution in [2.24, 2.45) is 11.7 Å². The lowest BCUT2D eigenvalue weighted by molar-refractivity contribution is -0.120. The normalized spacial score (nSPS) is 19.8. The molecule has 216 valence electrons. The summed E-state index contributed by atoms with van der Waals surface area (Å²) in [6.45, 7) is 11.1. The number of amides is 1. The minimum atomic E-state index is -0.271. The molecule has 41 heavy (non-hydrogen) atoms. The topological polar surface area (TPSA) is 113 Å². The van der Waals surface area contributed by atoms with Gasteiger partial charge in [-0.1, -0.05) is 33.3 Å². The van der Waals surface area contributed by atoms with Crippen LogP contribution < -0.4 is 21.3 Å². The van der Waals surface area contributed by atoms with E-state index in [0.29, 0.717) is 36.2 Å². The van der Waals surface area contributed by atoms with Crippen LogP contribution in [-0.4, -0.2) is 50.7 Å². The summed E-state index contributed by atoms with van der Waals surface area (Å²) in [4.78, 5) is 22.8. The van der Waals surface area contributed by atoms with Crippen LogP contribution in [0.3, 0.4) is 0 Å². The van der Waals surface area contributed by atoms with E-state index in [1.165, 1.54) is 6.92 Å². The Bertz CT molecular complexity index is 1520. The summed E-state index contributed by atoms with van der Waals surface area (Å²) in [7, 11) is 0. The third kappa shape index (κ3) is 5.88. The van der Waals surface area contributed by atoms with Crippen molar-refractivity contribution in [3.05, 3.63) is 65.9 Å². The molecule has 1 amide bonds. The van der Waals surface area contributed by atoms with Gasteiger partial charge in [-0.15, -0.1) is 0 Å². The van der Waals surface area contributed by atoms with E-state index in [4.69, 9.17) is 10.8 Å². The minimum absolute atomic E-state index is 0.0767. The van der Waals surface area contributed by atoms with E-state index in [9.17, 15) is 4.79 Å². The number of halogens is 1. The first-order valence-electron chi connectivity index (χ1n) is 14.3. The third-order valence-electron chi connectivity index (χ3n) is 8.01. The first-order chi connectivity index (χ1) is 19.7. The summed E-state index contributed by atoms with van der Waals surface area (Å²) in [5, 5.41) is 11.2. The smallest absolute Gasteiger partial charge is 0.229 e. The molecule has 0 spiro atoms. The van der Waals surface area contributed by atoms with E-state index in [2.05, 4.69) is 52.3 Å². The van der Waals surface area contributed by atoms with Crippen LogP contribution >= 0.6 is 0 Å². The molecular weight excluding hydrogens is 519 g/mol. The molecule has 1 aromatic carbocycles. The molecular formula is C31H39FN8O. The number of nitrogens with one attached hydrogen (secondary N) is 2. The number of aryl methyl sites for hydroxylation is 1. The van der Waals surface area contributed by atoms with Crippen LogP contribution in [0.1, 0.15) is 57.6 Å². The van der Waals surface area contributed by atoms with Gasteiger partial charge in [0.2, 0.25) is 11.9 Å². The molecule has 1 aliphatic heterocycles. The number of carbonyl (C=O) groups is 1. The number of pyridine rings is 1. The fraction of sp³-hybridized carbons (Fsp3) is 0.419. The minimum Gasteiger partial charge on any atom is -0.368 e. The van der Waals surface area contributed by atoms with Crippen LogP contribution in [0, 0.1) is 18.7 Å². The maximum absolute atomic E-state index is 15.5. The average molecular weight is 559 g/mol. The Morgan fingerprint density at radius 1 is 1.22 bits per heavy atom. The number of imidazole rings is 1. The highest BCUT2D eigenvalue weighted by Gasteiger charge is 2.34. The molecule has 0 bridgehead atoms. The number of carbonyl (C=O) groups excluding carboxylic acids is 1. The van der Waals surface area contributed by atoms with Gasteiger partial charge in [0, 0.05) is 43.9 Å². The number of benzene rings is 1. The Kier molecular flexibility index (Phi) is 8.21. The number of aromatic nitrogens is 4. The molecule has 9 nitrogen and oxygen atoms in total. The van der Waals surface area contributed by atoms with Crippen molar-refractivity contribution < 1.29 is 9.18 Å². The van der Waals surface area contributed by atoms with Gasteiger partial charge < -0.3 is 21.3 Å². The number of rotatable bonds is 8. The van der Waals surface area contributed by atoms with Crippen molar-refractivity contribution in [2.75, 3.05) is 23.3 Å². The summed E-state index contributed by atoms with van der Waals surface area (Å²) in [5.41, 5.74) is 11.8. The van der Waals surface area contributed by atoms with Crippen molar-refractivity contribution in [1.82, 2.24) is 24.9 Å². The van der Waals surface area contributed by atoms with Crippen LogP contribution in [0.25, 0.3) is 16.8 Å². The van der Waals surface area contributed by atoms with Crippen LogP contribution in [0.4, 0.5) is 21.7 Å². The Labute approximate surface area is 240 Å². The van der Waals surface area contributed by atoms with E-state index in [1.54, 1.807) is 29.2 Å². The zero-order chi connectivity index (χ0) is 29.3. The number of fused-ring (bicyclic) bond motifs is 1. The monoisotopic (exact) mass is 558 g/mol. The van der Waals surface area contributed by atoms with Crippen molar-refractivity contribution in [1.29, 1.82) is 0 Å². The molecule has 1 aliphatic rings. The van der Waals surface area contributed by atoms with Crippen LogP contribution in [0.5, 0.6) is 0 Å². The summed E-state index contributed by atoms with van der Waals surface area (Å²) in [6, 6.07) is 9.06. The Morgan fingerprint density at radius 2 is 2.02 bits per heavy atom. The third-order valence-corrected chi connectivity index (χ3v) is 8.01. The Morgan fingerprint density at radius 3 is 2.73 bits per heavy atom. The van der Waals surface area contributed by atoms with E-state index >= 15 is 4.39 Å². The lowest BCUT2D eigenvalue weighted by atomic mass is 9.89. The van der Waals surface area contributed by atoms with Gasteiger partial charge in [-0.05, 0) is 60.6 Å². The quantitative estimate of drug-likeness (QED) is 0.273. The highest BCUT2D eigenvalue weighted by Crippen LogP contribution is 2.33. The number of nitrogens with two attached hydrogens (primary N) is 1. The first-order valence-corrected chi connectivity index (χ1v) is 14.3. The van der Waals surface area contributed by atoms with Gasteiger partial charge in [0.05, 0.1) is 35.0 Å². The SMILES string of the molecule is CCCC(C)c1cc(C)c(-c2ccc3cnc(Nc4cnccc4N4CC(C)C(NC(C)=O)C(N)C4)n3n2)c(F)c1. The van der Waals surface area contributed by atoms with Gasteiger partial charge in [-0.3, -0.25) is 9.78 Å². The molecule has 10 heteroatoms. The van der Waals surface area contributed by atoms with Crippen molar-refractivity contribution >= 4 is 28.7 Å². The van der Waals surface area contributed by atoms with Gasteiger partial charge in [-0.2, -0.15) is 9.61 Å². The first kappa shape index (κ1) is 28.5. The molecule has 0 radical (unpaired) electrons. The van der Waals surface area contributed by atoms with E-state index in [1.807, 2.05) is 25.1 Å². The van der Waals surface area contributed by atoms with Crippen LogP contribution in [0.2, 0.25) is 0 Å². The Hall–Kier alpha value is -4.05. The van der Waals surface area contributed by atoms with E-state index in [-0.39, 0.29) is 29.7 Å². The maximum Gasteiger partial charge on any atom is 0.229 e. The molecule has 1 saturated heterocycles. The number of piperidine rings is 1. The van der Waals surface area contributed by atoms with E-state index < -0.39 is 0 Å². The van der Waals surface area contributed by atoms with Gasteiger partial charge in [-0.25, -0.2) is 9.37 Å². The van der Waals surface area contributed by atoms with E-state index in [0.717, 1.165) is 40.9 Å². The average Bonchev–Trinajstić information content (AvgIpc) is 3.32. The highest BCUT2D eigenvalue weighted by molar-refractivity contribution is 5.75. The number of hydrogen-bond donors (Lipinski definition) is 3. The van der Waals surface area contributed by atoms with Gasteiger partial charge in [0.25, 0.3) is 0 Å². The van der Waals surface area contributed by atoms with Crippen molar-refractivity contribution in [2.45, 2.75) is 65.5 Å². The second-order valence-corrected chi connectivity index (χ2v) is 11.3. The zero-order valence-corrected chi connectivity index (χ0v) is 24.4. The summed E-state index contributed by atoms with van der Waals surface area (Å²) in [5.74, 6) is 0.589. The molecule has 4 aromatic rings. The standard InChI is InChI=1S/C31H39FN8O/c1-6-7-18(2)22-12-19(3)29(24(32)13-22)26-9-8-23-14-35-31(40(23)38-26)37-27-15-34-11-10-28(27)39-16-20(4)30(25(33)17-39)36-21(5)41/h8-15,18,20,25,30H,6-7,16-17,33H2,1-5H3,(H,35,37)(H,36,41). The fourth-order valence-corrected chi connectivity index (χ4v) is 5.97. The summed E-state index contributed by atoms with van der Waals surface area (Å²) >= 11 is 0. The number of hydrogen-bond acceptors (Lipinski definition) is 7.